The van der Waals surface area contributed by atoms with E-state index in [1.807, 2.05) is 6.92 Å². The minimum absolute atomic E-state index is 0.122. The Bertz CT molecular complexity index is 671. The summed E-state index contributed by atoms with van der Waals surface area (Å²) < 4.78 is 31.8. The van der Waals surface area contributed by atoms with Crippen LogP contribution < -0.4 is 5.32 Å². The second-order valence-electron chi connectivity index (χ2n) is 4.64. The molecule has 0 heterocycles. The van der Waals surface area contributed by atoms with Gasteiger partial charge in [0.1, 0.15) is 11.6 Å². The van der Waals surface area contributed by atoms with Crippen molar-refractivity contribution in [3.05, 3.63) is 64.7 Å². The highest BCUT2D eigenvalue weighted by Crippen LogP contribution is 2.18. The van der Waals surface area contributed by atoms with Crippen molar-refractivity contribution in [3.63, 3.8) is 0 Å². The lowest BCUT2D eigenvalue weighted by atomic mass is 10.1. The Labute approximate surface area is 121 Å². The fraction of sp³-hybridized carbons (Fsp3) is 0.188. The number of hydrogen-bond acceptors (Lipinski definition) is 3. The molecule has 3 nitrogen and oxygen atoms in total. The third-order valence-corrected chi connectivity index (χ3v) is 3.04. The molecule has 1 N–H and O–H groups in total. The highest BCUT2D eigenvalue weighted by atomic mass is 19.1. The van der Waals surface area contributed by atoms with Crippen LogP contribution in [0, 0.1) is 18.6 Å². The molecule has 0 aliphatic heterocycles. The molecular formula is C16H15F2NO2. The first kappa shape index (κ1) is 15.0. The van der Waals surface area contributed by atoms with Crippen LogP contribution in [0.3, 0.4) is 0 Å². The van der Waals surface area contributed by atoms with Crippen LogP contribution in [0.15, 0.2) is 36.4 Å². The average Bonchev–Trinajstić information content (AvgIpc) is 2.47. The van der Waals surface area contributed by atoms with Crippen LogP contribution in [-0.4, -0.2) is 13.1 Å². The largest absolute Gasteiger partial charge is 0.465 e. The van der Waals surface area contributed by atoms with Gasteiger partial charge in [0.2, 0.25) is 0 Å². The Kier molecular flexibility index (Phi) is 4.52. The molecule has 0 unspecified atom stereocenters. The second kappa shape index (κ2) is 6.35. The number of carbonyl (C=O) groups is 1. The molecule has 0 spiro atoms. The Balaban J connectivity index is 2.12. The minimum atomic E-state index is -0.725. The van der Waals surface area contributed by atoms with Crippen molar-refractivity contribution >= 4 is 11.7 Å². The van der Waals surface area contributed by atoms with Crippen LogP contribution in [0.1, 0.15) is 21.5 Å². The SMILES string of the molecule is COC(=O)c1ccc(CNc2cc(C)ccc2F)cc1F. The summed E-state index contributed by atoms with van der Waals surface area (Å²) in [5.41, 5.74) is 1.75. The van der Waals surface area contributed by atoms with E-state index in [0.717, 1.165) is 5.56 Å². The molecule has 0 saturated carbocycles. The summed E-state index contributed by atoms with van der Waals surface area (Å²) in [7, 11) is 1.19. The molecule has 21 heavy (non-hydrogen) atoms. The number of nitrogens with one attached hydrogen (secondary N) is 1. The van der Waals surface area contributed by atoms with E-state index >= 15 is 0 Å². The highest BCUT2D eigenvalue weighted by molar-refractivity contribution is 5.89. The summed E-state index contributed by atoms with van der Waals surface area (Å²) in [4.78, 5) is 11.3. The van der Waals surface area contributed by atoms with E-state index in [-0.39, 0.29) is 17.9 Å². The van der Waals surface area contributed by atoms with Crippen molar-refractivity contribution in [3.8, 4) is 0 Å². The summed E-state index contributed by atoms with van der Waals surface area (Å²) in [6.45, 7) is 2.11. The van der Waals surface area contributed by atoms with Crippen molar-refractivity contribution in [1.82, 2.24) is 0 Å². The Hall–Kier alpha value is -2.43. The van der Waals surface area contributed by atoms with Crippen LogP contribution in [-0.2, 0) is 11.3 Å². The number of aryl methyl sites for hydroxylation is 1. The molecule has 0 radical (unpaired) electrons. The molecule has 2 rings (SSSR count). The van der Waals surface area contributed by atoms with E-state index in [4.69, 9.17) is 0 Å². The van der Waals surface area contributed by atoms with Gasteiger partial charge in [-0.15, -0.1) is 0 Å². The maximum Gasteiger partial charge on any atom is 0.340 e. The predicted molar refractivity (Wildman–Crippen MR) is 76.2 cm³/mol. The van der Waals surface area contributed by atoms with E-state index in [1.165, 1.54) is 25.3 Å². The van der Waals surface area contributed by atoms with Crippen molar-refractivity contribution in [1.29, 1.82) is 0 Å². The standard InChI is InChI=1S/C16H15F2NO2/c1-10-3-6-13(17)15(7-10)19-9-11-4-5-12(14(18)8-11)16(20)21-2/h3-8,19H,9H2,1-2H3. The minimum Gasteiger partial charge on any atom is -0.465 e. The molecule has 0 saturated heterocycles. The zero-order chi connectivity index (χ0) is 15.4. The van der Waals surface area contributed by atoms with Crippen molar-refractivity contribution in [2.75, 3.05) is 12.4 Å². The monoisotopic (exact) mass is 291 g/mol. The number of ether oxygens (including phenoxy) is 1. The third-order valence-electron chi connectivity index (χ3n) is 3.04. The lowest BCUT2D eigenvalue weighted by Gasteiger charge is -2.09. The number of benzene rings is 2. The number of carbonyl (C=O) groups excluding carboxylic acids is 1. The smallest absolute Gasteiger partial charge is 0.340 e. The molecule has 0 aliphatic carbocycles. The molecule has 0 atom stereocenters. The van der Waals surface area contributed by atoms with Gasteiger partial charge in [0.25, 0.3) is 0 Å². The van der Waals surface area contributed by atoms with Gasteiger partial charge in [-0.3, -0.25) is 0 Å². The first-order valence-electron chi connectivity index (χ1n) is 6.38. The molecule has 2 aromatic rings. The molecular weight excluding hydrogens is 276 g/mol. The first-order valence-corrected chi connectivity index (χ1v) is 6.38. The van der Waals surface area contributed by atoms with Crippen LogP contribution >= 0.6 is 0 Å². The van der Waals surface area contributed by atoms with Gasteiger partial charge in [0.05, 0.1) is 18.4 Å². The lowest BCUT2D eigenvalue weighted by Crippen LogP contribution is -2.07. The van der Waals surface area contributed by atoms with E-state index in [2.05, 4.69) is 10.1 Å². The fourth-order valence-electron chi connectivity index (χ4n) is 1.92. The molecule has 110 valence electrons. The summed E-state index contributed by atoms with van der Waals surface area (Å²) >= 11 is 0. The maximum atomic E-state index is 13.8. The van der Waals surface area contributed by atoms with E-state index < -0.39 is 11.8 Å². The number of hydrogen-bond donors (Lipinski definition) is 1. The van der Waals surface area contributed by atoms with Gasteiger partial charge in [-0.05, 0) is 42.3 Å². The normalized spacial score (nSPS) is 10.3. The number of halogens is 2. The summed E-state index contributed by atoms with van der Waals surface area (Å²) in [6, 6.07) is 8.90. The maximum absolute atomic E-state index is 13.8. The van der Waals surface area contributed by atoms with E-state index in [1.54, 1.807) is 18.2 Å². The topological polar surface area (TPSA) is 38.3 Å². The van der Waals surface area contributed by atoms with Crippen LogP contribution in [0.5, 0.6) is 0 Å². The van der Waals surface area contributed by atoms with Crippen molar-refractivity contribution < 1.29 is 18.3 Å². The third kappa shape index (κ3) is 3.56. The molecule has 0 fully saturated rings. The van der Waals surface area contributed by atoms with Gasteiger partial charge in [0.15, 0.2) is 0 Å². The fourth-order valence-corrected chi connectivity index (χ4v) is 1.92. The average molecular weight is 291 g/mol. The Morgan fingerprint density at radius 2 is 1.90 bits per heavy atom. The summed E-state index contributed by atoms with van der Waals surface area (Å²) in [5.74, 6) is -1.75. The van der Waals surface area contributed by atoms with Crippen molar-refractivity contribution in [2.24, 2.45) is 0 Å². The zero-order valence-corrected chi connectivity index (χ0v) is 11.7. The zero-order valence-electron chi connectivity index (χ0n) is 11.7. The van der Waals surface area contributed by atoms with Crippen LogP contribution in [0.2, 0.25) is 0 Å². The quantitative estimate of drug-likeness (QED) is 0.873. The van der Waals surface area contributed by atoms with Gasteiger partial charge in [-0.1, -0.05) is 12.1 Å². The number of anilines is 1. The van der Waals surface area contributed by atoms with Gasteiger partial charge in [-0.2, -0.15) is 0 Å². The number of rotatable bonds is 4. The Morgan fingerprint density at radius 3 is 2.57 bits per heavy atom. The molecule has 0 aromatic heterocycles. The highest BCUT2D eigenvalue weighted by Gasteiger charge is 2.12. The molecule has 2 aromatic carbocycles. The summed E-state index contributed by atoms with van der Waals surface area (Å²) in [5, 5.41) is 2.90. The molecule has 0 bridgehead atoms. The van der Waals surface area contributed by atoms with Gasteiger partial charge >= 0.3 is 5.97 Å². The van der Waals surface area contributed by atoms with E-state index in [0.29, 0.717) is 11.3 Å². The molecule has 0 aliphatic rings. The molecule has 0 amide bonds. The number of methoxy groups -OCH3 is 1. The summed E-state index contributed by atoms with van der Waals surface area (Å²) in [6.07, 6.45) is 0. The molecule has 5 heteroatoms. The van der Waals surface area contributed by atoms with Crippen LogP contribution in [0.4, 0.5) is 14.5 Å². The first-order chi connectivity index (χ1) is 10.0. The lowest BCUT2D eigenvalue weighted by molar-refractivity contribution is 0.0595. The van der Waals surface area contributed by atoms with Crippen molar-refractivity contribution in [2.45, 2.75) is 13.5 Å². The van der Waals surface area contributed by atoms with Crippen LogP contribution in [0.25, 0.3) is 0 Å². The number of esters is 1. The van der Waals surface area contributed by atoms with Gasteiger partial charge in [-0.25, -0.2) is 13.6 Å². The predicted octanol–water partition coefficient (Wildman–Crippen LogP) is 3.67. The second-order valence-corrected chi connectivity index (χ2v) is 4.64. The van der Waals surface area contributed by atoms with E-state index in [9.17, 15) is 13.6 Å². The van der Waals surface area contributed by atoms with Gasteiger partial charge in [0, 0.05) is 6.54 Å². The Morgan fingerprint density at radius 1 is 1.14 bits per heavy atom. The van der Waals surface area contributed by atoms with Gasteiger partial charge < -0.3 is 10.1 Å².